The van der Waals surface area contributed by atoms with Gasteiger partial charge >= 0.3 is 5.97 Å². The van der Waals surface area contributed by atoms with Crippen molar-refractivity contribution in [3.63, 3.8) is 0 Å². The first-order valence-corrected chi connectivity index (χ1v) is 8.62. The number of ether oxygens (including phenoxy) is 5. The van der Waals surface area contributed by atoms with Crippen LogP contribution in [-0.4, -0.2) is 32.1 Å². The van der Waals surface area contributed by atoms with Crippen molar-refractivity contribution in [2.45, 2.75) is 6.61 Å². The summed E-state index contributed by atoms with van der Waals surface area (Å²) < 4.78 is 26.9. The van der Waals surface area contributed by atoms with Crippen LogP contribution in [0, 0.1) is 0 Å². The van der Waals surface area contributed by atoms with Gasteiger partial charge in [-0.3, -0.25) is 0 Å². The Morgan fingerprint density at radius 3 is 2.36 bits per heavy atom. The fourth-order valence-electron chi connectivity index (χ4n) is 3.76. The predicted molar refractivity (Wildman–Crippen MR) is 99.4 cm³/mol. The van der Waals surface area contributed by atoms with E-state index in [1.54, 1.807) is 26.4 Å². The lowest BCUT2D eigenvalue weighted by atomic mass is 9.89. The first kappa shape index (κ1) is 16.6. The van der Waals surface area contributed by atoms with E-state index in [0.717, 1.165) is 16.3 Å². The monoisotopic (exact) mass is 380 g/mol. The van der Waals surface area contributed by atoms with E-state index in [4.69, 9.17) is 23.7 Å². The number of carbonyl (C=O) groups is 1. The van der Waals surface area contributed by atoms with Gasteiger partial charge in [-0.15, -0.1) is 0 Å². The van der Waals surface area contributed by atoms with Crippen molar-refractivity contribution in [3.05, 3.63) is 41.5 Å². The molecule has 2 heterocycles. The third kappa shape index (κ3) is 2.26. The number of hydrogen-bond acceptors (Lipinski definition) is 7. The minimum Gasteiger partial charge on any atom is -0.507 e. The molecule has 0 fully saturated rings. The van der Waals surface area contributed by atoms with Gasteiger partial charge in [0.25, 0.3) is 0 Å². The van der Waals surface area contributed by atoms with Crippen molar-refractivity contribution in [1.29, 1.82) is 0 Å². The Bertz CT molecular complexity index is 1150. The molecule has 0 unspecified atom stereocenters. The maximum Gasteiger partial charge on any atom is 0.339 e. The van der Waals surface area contributed by atoms with E-state index in [-0.39, 0.29) is 19.1 Å². The van der Waals surface area contributed by atoms with Crippen molar-refractivity contribution in [2.75, 3.05) is 21.0 Å². The van der Waals surface area contributed by atoms with E-state index in [1.807, 2.05) is 12.1 Å². The summed E-state index contributed by atoms with van der Waals surface area (Å²) in [5.74, 6) is 1.60. The summed E-state index contributed by atoms with van der Waals surface area (Å²) in [6.45, 7) is 0.260. The summed E-state index contributed by atoms with van der Waals surface area (Å²) in [5, 5.41) is 12.3. The van der Waals surface area contributed by atoms with Crippen LogP contribution in [0.5, 0.6) is 28.7 Å². The highest BCUT2D eigenvalue weighted by atomic mass is 16.7. The molecule has 0 amide bonds. The Hall–Kier alpha value is -3.61. The van der Waals surface area contributed by atoms with Crippen LogP contribution in [0.25, 0.3) is 21.9 Å². The number of rotatable bonds is 3. The molecule has 0 saturated heterocycles. The number of methoxy groups -OCH3 is 2. The van der Waals surface area contributed by atoms with Crippen molar-refractivity contribution in [1.82, 2.24) is 0 Å². The van der Waals surface area contributed by atoms with Crippen LogP contribution >= 0.6 is 0 Å². The van der Waals surface area contributed by atoms with Crippen molar-refractivity contribution in [2.24, 2.45) is 0 Å². The highest BCUT2D eigenvalue weighted by Crippen LogP contribution is 2.48. The molecule has 0 aliphatic carbocycles. The fourth-order valence-corrected chi connectivity index (χ4v) is 3.76. The molecule has 1 N–H and O–H groups in total. The van der Waals surface area contributed by atoms with Gasteiger partial charge in [-0.05, 0) is 35.0 Å². The summed E-state index contributed by atoms with van der Waals surface area (Å²) in [6.07, 6.45) is 0. The molecule has 0 spiro atoms. The minimum absolute atomic E-state index is 0.0200. The van der Waals surface area contributed by atoms with E-state index in [2.05, 4.69) is 0 Å². The molecule has 0 saturated carbocycles. The van der Waals surface area contributed by atoms with Gasteiger partial charge in [-0.25, -0.2) is 4.79 Å². The summed E-state index contributed by atoms with van der Waals surface area (Å²) in [6, 6.07) is 8.69. The molecule has 3 aromatic rings. The molecule has 7 heteroatoms. The second kappa shape index (κ2) is 5.95. The van der Waals surface area contributed by atoms with Crippen LogP contribution < -0.4 is 18.9 Å². The lowest BCUT2D eigenvalue weighted by Gasteiger charge is -2.16. The molecule has 142 valence electrons. The number of carbonyl (C=O) groups excluding carboxylic acids is 1. The molecule has 0 aromatic heterocycles. The van der Waals surface area contributed by atoms with E-state index < -0.39 is 5.97 Å². The molecule has 2 aliphatic rings. The predicted octanol–water partition coefficient (Wildman–Crippen LogP) is 3.63. The number of fused-ring (bicyclic) bond motifs is 3. The van der Waals surface area contributed by atoms with Crippen LogP contribution in [0.2, 0.25) is 0 Å². The fraction of sp³-hybridized carbons (Fsp3) is 0.190. The Kier molecular flexibility index (Phi) is 3.52. The number of benzene rings is 3. The lowest BCUT2D eigenvalue weighted by molar-refractivity contribution is 0.0535. The van der Waals surface area contributed by atoms with Crippen LogP contribution in [0.4, 0.5) is 0 Å². The molecule has 2 aliphatic heterocycles. The van der Waals surface area contributed by atoms with Gasteiger partial charge in [0, 0.05) is 22.8 Å². The molecule has 28 heavy (non-hydrogen) atoms. The summed E-state index contributed by atoms with van der Waals surface area (Å²) in [7, 11) is 3.11. The first-order valence-electron chi connectivity index (χ1n) is 8.62. The number of hydrogen-bond donors (Lipinski definition) is 1. The highest BCUT2D eigenvalue weighted by Gasteiger charge is 2.30. The van der Waals surface area contributed by atoms with E-state index in [9.17, 15) is 9.90 Å². The molecule has 0 radical (unpaired) electrons. The maximum atomic E-state index is 12.5. The first-order chi connectivity index (χ1) is 13.6. The Labute approximate surface area is 160 Å². The highest BCUT2D eigenvalue weighted by molar-refractivity contribution is 6.12. The van der Waals surface area contributed by atoms with Gasteiger partial charge in [0.15, 0.2) is 23.0 Å². The quantitative estimate of drug-likeness (QED) is 0.695. The minimum atomic E-state index is -0.432. The molecule has 0 atom stereocenters. The Morgan fingerprint density at radius 1 is 0.893 bits per heavy atom. The van der Waals surface area contributed by atoms with E-state index in [1.165, 1.54) is 6.07 Å². The number of esters is 1. The second-order valence-corrected chi connectivity index (χ2v) is 6.51. The molecular weight excluding hydrogens is 364 g/mol. The van der Waals surface area contributed by atoms with Gasteiger partial charge < -0.3 is 28.8 Å². The van der Waals surface area contributed by atoms with E-state index >= 15 is 0 Å². The topological polar surface area (TPSA) is 83.5 Å². The van der Waals surface area contributed by atoms with Crippen molar-refractivity contribution in [3.8, 4) is 39.9 Å². The van der Waals surface area contributed by atoms with Gasteiger partial charge in [0.1, 0.15) is 12.4 Å². The zero-order valence-electron chi connectivity index (χ0n) is 15.2. The third-order valence-electron chi connectivity index (χ3n) is 5.05. The smallest absolute Gasteiger partial charge is 0.339 e. The standard InChI is InChI=1S/C21H16O7/c1-24-15-4-10-3-11-8-26-21(23)19(11)20(12(10)5-16(15)25-2)13-6-17-18(7-14(13)22)28-9-27-17/h3-7,22H,8-9H2,1-2H3. The summed E-state index contributed by atoms with van der Waals surface area (Å²) in [5.41, 5.74) is 2.19. The molecule has 5 rings (SSSR count). The van der Waals surface area contributed by atoms with Crippen LogP contribution in [0.15, 0.2) is 30.3 Å². The zero-order chi connectivity index (χ0) is 19.4. The SMILES string of the molecule is COc1cc2cc3c(c(-c4cc5c(cc4O)OCO5)c2cc1OC)C(=O)OC3. The van der Waals surface area contributed by atoms with Crippen molar-refractivity contribution >= 4 is 16.7 Å². The number of phenolic OH excluding ortho intramolecular Hbond substituents is 1. The lowest BCUT2D eigenvalue weighted by Crippen LogP contribution is -2.00. The average molecular weight is 380 g/mol. The molecule has 3 aromatic carbocycles. The summed E-state index contributed by atoms with van der Waals surface area (Å²) >= 11 is 0. The van der Waals surface area contributed by atoms with Gasteiger partial charge in [-0.2, -0.15) is 0 Å². The molecule has 0 bridgehead atoms. The normalized spacial score (nSPS) is 14.1. The van der Waals surface area contributed by atoms with Crippen molar-refractivity contribution < 1.29 is 33.6 Å². The van der Waals surface area contributed by atoms with E-state index in [0.29, 0.717) is 39.7 Å². The van der Waals surface area contributed by atoms with Gasteiger partial charge in [0.2, 0.25) is 6.79 Å². The Balaban J connectivity index is 1.89. The zero-order valence-corrected chi connectivity index (χ0v) is 15.2. The summed E-state index contributed by atoms with van der Waals surface area (Å²) in [4.78, 5) is 12.5. The molecule has 7 nitrogen and oxygen atoms in total. The number of cyclic esters (lactones) is 1. The van der Waals surface area contributed by atoms with Gasteiger partial charge in [0.05, 0.1) is 19.8 Å². The number of aromatic hydroxyl groups is 1. The van der Waals surface area contributed by atoms with Crippen LogP contribution in [0.3, 0.4) is 0 Å². The average Bonchev–Trinajstić information content (AvgIpc) is 3.30. The van der Waals surface area contributed by atoms with Crippen LogP contribution in [0.1, 0.15) is 15.9 Å². The van der Waals surface area contributed by atoms with Crippen LogP contribution in [-0.2, 0) is 11.3 Å². The third-order valence-corrected chi connectivity index (χ3v) is 5.05. The number of phenols is 1. The largest absolute Gasteiger partial charge is 0.507 e. The van der Waals surface area contributed by atoms with Gasteiger partial charge in [-0.1, -0.05) is 0 Å². The molecular formula is C21H16O7. The second-order valence-electron chi connectivity index (χ2n) is 6.51. The Morgan fingerprint density at radius 2 is 1.61 bits per heavy atom. The maximum absolute atomic E-state index is 12.5.